The molecule has 17 heavy (non-hydrogen) atoms. The second kappa shape index (κ2) is 6.71. The molecule has 0 aliphatic heterocycles. The number of carbonyl (C=O) groups excluding carboxylic acids is 1. The van der Waals surface area contributed by atoms with E-state index in [4.69, 9.17) is 11.5 Å². The highest BCUT2D eigenvalue weighted by atomic mass is 32.1. The average Bonchev–Trinajstić information content (AvgIpc) is 2.72. The summed E-state index contributed by atoms with van der Waals surface area (Å²) in [6, 6.07) is 1.59. The number of anilines is 1. The summed E-state index contributed by atoms with van der Waals surface area (Å²) < 4.78 is 0. The Bertz CT molecular complexity index is 445. The van der Waals surface area contributed by atoms with Gasteiger partial charge in [0.25, 0.3) is 0 Å². The van der Waals surface area contributed by atoms with Gasteiger partial charge in [-0.2, -0.15) is 0 Å². The van der Waals surface area contributed by atoms with Crippen molar-refractivity contribution in [2.75, 3.05) is 5.32 Å². The third kappa shape index (κ3) is 4.29. The number of hydrogen-bond donors (Lipinski definition) is 2. The fourth-order valence-corrected chi connectivity index (χ4v) is 1.99. The highest BCUT2D eigenvalue weighted by molar-refractivity contribution is 7.12. The van der Waals surface area contributed by atoms with Crippen molar-refractivity contribution in [3.05, 3.63) is 16.3 Å². The van der Waals surface area contributed by atoms with Gasteiger partial charge in [-0.25, -0.2) is 4.79 Å². The summed E-state index contributed by atoms with van der Waals surface area (Å²) in [5, 5.41) is 13.1. The molecule has 0 aliphatic carbocycles. The number of carbonyl (C=O) groups is 2. The maximum Gasteiger partial charge on any atom is 0.348 e. The molecule has 1 heterocycles. The third-order valence-corrected chi connectivity index (χ3v) is 3.01. The Labute approximate surface area is 104 Å². The molecular formula is C12H13NO3S. The van der Waals surface area contributed by atoms with Crippen LogP contribution in [0.25, 0.3) is 0 Å². The van der Waals surface area contributed by atoms with Gasteiger partial charge < -0.3 is 10.4 Å². The molecule has 1 amide bonds. The largest absolute Gasteiger partial charge is 0.477 e. The second-order valence-corrected chi connectivity index (χ2v) is 4.34. The van der Waals surface area contributed by atoms with E-state index in [-0.39, 0.29) is 10.8 Å². The van der Waals surface area contributed by atoms with Crippen LogP contribution in [-0.4, -0.2) is 17.0 Å². The maximum absolute atomic E-state index is 11.5. The number of unbranched alkanes of at least 4 members (excludes halogenated alkanes) is 2. The van der Waals surface area contributed by atoms with Gasteiger partial charge in [0.1, 0.15) is 4.88 Å². The topological polar surface area (TPSA) is 66.4 Å². The monoisotopic (exact) mass is 251 g/mol. The molecule has 2 N–H and O–H groups in total. The van der Waals surface area contributed by atoms with E-state index in [0.717, 1.165) is 17.8 Å². The molecule has 0 atom stereocenters. The fraction of sp³-hybridized carbons (Fsp3) is 0.333. The van der Waals surface area contributed by atoms with E-state index in [0.29, 0.717) is 24.9 Å². The SMILES string of the molecule is C#CCCCCC(=O)Nc1ccsc1C(=O)O. The molecule has 0 aliphatic rings. The lowest BCUT2D eigenvalue weighted by molar-refractivity contribution is -0.116. The van der Waals surface area contributed by atoms with Crippen molar-refractivity contribution < 1.29 is 14.7 Å². The summed E-state index contributed by atoms with van der Waals surface area (Å²) in [6.07, 6.45) is 7.63. The minimum absolute atomic E-state index is 0.155. The van der Waals surface area contributed by atoms with Crippen LogP contribution in [0.1, 0.15) is 35.4 Å². The molecule has 0 unspecified atom stereocenters. The lowest BCUT2D eigenvalue weighted by Gasteiger charge is -2.03. The molecular weight excluding hydrogens is 238 g/mol. The molecule has 0 bridgehead atoms. The van der Waals surface area contributed by atoms with Crippen LogP contribution in [0.4, 0.5) is 5.69 Å². The number of nitrogens with one attached hydrogen (secondary N) is 1. The van der Waals surface area contributed by atoms with Crippen LogP contribution in [0.2, 0.25) is 0 Å². The molecule has 1 aromatic rings. The van der Waals surface area contributed by atoms with Crippen molar-refractivity contribution in [2.45, 2.75) is 25.7 Å². The van der Waals surface area contributed by atoms with E-state index >= 15 is 0 Å². The minimum atomic E-state index is -1.03. The molecule has 1 aromatic heterocycles. The number of aromatic carboxylic acids is 1. The molecule has 5 heteroatoms. The van der Waals surface area contributed by atoms with E-state index in [1.807, 2.05) is 0 Å². The molecule has 0 spiro atoms. The van der Waals surface area contributed by atoms with Gasteiger partial charge in [0.2, 0.25) is 5.91 Å². The predicted molar refractivity (Wildman–Crippen MR) is 67.2 cm³/mol. The van der Waals surface area contributed by atoms with Gasteiger partial charge in [-0.05, 0) is 24.3 Å². The van der Waals surface area contributed by atoms with Crippen LogP contribution >= 0.6 is 11.3 Å². The molecule has 1 rings (SSSR count). The molecule has 0 saturated heterocycles. The minimum Gasteiger partial charge on any atom is -0.477 e. The van der Waals surface area contributed by atoms with Gasteiger partial charge in [-0.3, -0.25) is 4.79 Å². The summed E-state index contributed by atoms with van der Waals surface area (Å²) in [5.41, 5.74) is 0.365. The van der Waals surface area contributed by atoms with Crippen LogP contribution in [0.3, 0.4) is 0 Å². The highest BCUT2D eigenvalue weighted by Crippen LogP contribution is 2.22. The van der Waals surface area contributed by atoms with Crippen LogP contribution in [0.5, 0.6) is 0 Å². The van der Waals surface area contributed by atoms with Gasteiger partial charge in [0.15, 0.2) is 0 Å². The Kier molecular flexibility index (Phi) is 5.24. The van der Waals surface area contributed by atoms with Crippen molar-refractivity contribution in [2.24, 2.45) is 0 Å². The first-order valence-corrected chi connectivity index (χ1v) is 6.07. The molecule has 0 saturated carbocycles. The molecule has 0 radical (unpaired) electrons. The molecule has 4 nitrogen and oxygen atoms in total. The van der Waals surface area contributed by atoms with E-state index in [1.54, 1.807) is 11.4 Å². The van der Waals surface area contributed by atoms with Gasteiger partial charge >= 0.3 is 5.97 Å². The highest BCUT2D eigenvalue weighted by Gasteiger charge is 2.13. The van der Waals surface area contributed by atoms with Gasteiger partial charge in [-0.1, -0.05) is 0 Å². The van der Waals surface area contributed by atoms with Crippen molar-refractivity contribution >= 4 is 28.9 Å². The maximum atomic E-state index is 11.5. The van der Waals surface area contributed by atoms with Gasteiger partial charge in [0.05, 0.1) is 5.69 Å². The zero-order valence-electron chi connectivity index (χ0n) is 9.23. The number of thiophene rings is 1. The summed E-state index contributed by atoms with van der Waals surface area (Å²) in [4.78, 5) is 22.5. The number of rotatable bonds is 6. The quantitative estimate of drug-likeness (QED) is 0.603. The van der Waals surface area contributed by atoms with Crippen LogP contribution in [0.15, 0.2) is 11.4 Å². The van der Waals surface area contributed by atoms with E-state index in [9.17, 15) is 9.59 Å². The van der Waals surface area contributed by atoms with Gasteiger partial charge in [-0.15, -0.1) is 23.7 Å². The number of carboxylic acid groups (broad SMARTS) is 1. The number of carboxylic acids is 1. The molecule has 0 aromatic carbocycles. The average molecular weight is 251 g/mol. The Hall–Kier alpha value is -1.80. The third-order valence-electron chi connectivity index (χ3n) is 2.11. The van der Waals surface area contributed by atoms with Crippen LogP contribution in [-0.2, 0) is 4.79 Å². The summed E-state index contributed by atoms with van der Waals surface area (Å²) in [6.45, 7) is 0. The van der Waals surface area contributed by atoms with Crippen molar-refractivity contribution in [1.82, 2.24) is 0 Å². The van der Waals surface area contributed by atoms with E-state index in [2.05, 4.69) is 11.2 Å². The normalized spacial score (nSPS) is 9.59. The Balaban J connectivity index is 2.43. The number of terminal acetylenes is 1. The molecule has 90 valence electrons. The first kappa shape index (κ1) is 13.3. The first-order valence-electron chi connectivity index (χ1n) is 5.19. The fourth-order valence-electron chi connectivity index (χ4n) is 1.30. The zero-order valence-corrected chi connectivity index (χ0v) is 10.0. The van der Waals surface area contributed by atoms with Gasteiger partial charge in [0, 0.05) is 12.8 Å². The lowest BCUT2D eigenvalue weighted by Crippen LogP contribution is -2.12. The summed E-state index contributed by atoms with van der Waals surface area (Å²) in [5.74, 6) is 1.30. The lowest BCUT2D eigenvalue weighted by atomic mass is 10.2. The summed E-state index contributed by atoms with van der Waals surface area (Å²) in [7, 11) is 0. The Morgan fingerprint density at radius 1 is 1.47 bits per heavy atom. The van der Waals surface area contributed by atoms with E-state index in [1.165, 1.54) is 0 Å². The second-order valence-electron chi connectivity index (χ2n) is 3.43. The van der Waals surface area contributed by atoms with Crippen molar-refractivity contribution in [1.29, 1.82) is 0 Å². The Morgan fingerprint density at radius 2 is 2.24 bits per heavy atom. The predicted octanol–water partition coefficient (Wildman–Crippen LogP) is 2.58. The number of hydrogen-bond acceptors (Lipinski definition) is 3. The van der Waals surface area contributed by atoms with Crippen molar-refractivity contribution in [3.8, 4) is 12.3 Å². The molecule has 0 fully saturated rings. The standard InChI is InChI=1S/C12H13NO3S/c1-2-3-4-5-6-10(14)13-9-7-8-17-11(9)12(15)16/h1,7-8H,3-6H2,(H,13,14)(H,15,16). The van der Waals surface area contributed by atoms with E-state index < -0.39 is 5.97 Å². The van der Waals surface area contributed by atoms with Crippen LogP contribution < -0.4 is 5.32 Å². The van der Waals surface area contributed by atoms with Crippen LogP contribution in [0, 0.1) is 12.3 Å². The first-order chi connectivity index (χ1) is 8.15. The number of amides is 1. The van der Waals surface area contributed by atoms with Crippen molar-refractivity contribution in [3.63, 3.8) is 0 Å². The smallest absolute Gasteiger partial charge is 0.348 e. The summed E-state index contributed by atoms with van der Waals surface area (Å²) >= 11 is 1.09. The Morgan fingerprint density at radius 3 is 2.88 bits per heavy atom. The zero-order chi connectivity index (χ0) is 12.7.